The molecule has 31 heavy (non-hydrogen) atoms. The number of halogens is 1. The molecule has 0 bridgehead atoms. The molecule has 9 heteroatoms. The van der Waals surface area contributed by atoms with Crippen LogP contribution in [0.3, 0.4) is 0 Å². The first-order chi connectivity index (χ1) is 15.0. The number of carbonyl (C=O) groups is 1. The van der Waals surface area contributed by atoms with Crippen LogP contribution in [0.4, 0.5) is 11.6 Å². The van der Waals surface area contributed by atoms with Gasteiger partial charge in [0.1, 0.15) is 17.4 Å². The molecule has 0 radical (unpaired) electrons. The number of hydrogen-bond donors (Lipinski definition) is 2. The molecule has 0 atom stereocenters. The summed E-state index contributed by atoms with van der Waals surface area (Å²) in [5.41, 5.74) is 7.52. The molecule has 0 fully saturated rings. The number of benzene rings is 2. The lowest BCUT2D eigenvalue weighted by Gasteiger charge is -2.06. The van der Waals surface area contributed by atoms with Crippen molar-refractivity contribution in [1.29, 1.82) is 0 Å². The molecule has 0 aliphatic rings. The number of methoxy groups -OCH3 is 1. The largest absolute Gasteiger partial charge is 0.497 e. The molecule has 0 saturated heterocycles. The summed E-state index contributed by atoms with van der Waals surface area (Å²) in [5.74, 6) is 1.29. The van der Waals surface area contributed by atoms with Gasteiger partial charge in [-0.25, -0.2) is 4.98 Å². The van der Waals surface area contributed by atoms with Crippen LogP contribution in [0.1, 0.15) is 5.56 Å². The number of fused-ring (bicyclic) bond motifs is 1. The van der Waals surface area contributed by atoms with Gasteiger partial charge in [-0.3, -0.25) is 9.48 Å². The minimum Gasteiger partial charge on any atom is -0.497 e. The third-order valence-corrected chi connectivity index (χ3v) is 4.80. The first kappa shape index (κ1) is 20.5. The molecule has 4 aromatic rings. The van der Waals surface area contributed by atoms with E-state index < -0.39 is 0 Å². The second-order valence-electron chi connectivity index (χ2n) is 6.76. The van der Waals surface area contributed by atoms with Crippen LogP contribution >= 0.6 is 11.6 Å². The van der Waals surface area contributed by atoms with Crippen molar-refractivity contribution in [3.63, 3.8) is 0 Å². The van der Waals surface area contributed by atoms with E-state index in [1.807, 2.05) is 47.1 Å². The van der Waals surface area contributed by atoms with Crippen LogP contribution in [0.25, 0.3) is 10.9 Å². The van der Waals surface area contributed by atoms with Gasteiger partial charge in [0.2, 0.25) is 5.88 Å². The van der Waals surface area contributed by atoms with Gasteiger partial charge in [0.05, 0.1) is 24.6 Å². The molecule has 2 aromatic heterocycles. The standard InChI is InChI=1S/C22H20ClN5O3/c1-30-16-9-10-18-17(11-16)22(27-28(18)12-14-5-7-15(23)8-6-14)31-13-21(29)26-20-4-2-3-19(24)25-20/h2-11H,12-13H2,1H3,(H3,24,25,26,29). The maximum Gasteiger partial charge on any atom is 0.263 e. The van der Waals surface area contributed by atoms with Gasteiger partial charge < -0.3 is 20.5 Å². The smallest absolute Gasteiger partial charge is 0.263 e. The quantitative estimate of drug-likeness (QED) is 0.456. The number of nitrogens with one attached hydrogen (secondary N) is 1. The van der Waals surface area contributed by atoms with E-state index >= 15 is 0 Å². The number of ether oxygens (including phenoxy) is 2. The van der Waals surface area contributed by atoms with Crippen LogP contribution in [0.15, 0.2) is 60.7 Å². The van der Waals surface area contributed by atoms with Gasteiger partial charge in [-0.15, -0.1) is 5.10 Å². The highest BCUT2D eigenvalue weighted by Crippen LogP contribution is 2.29. The molecule has 0 aliphatic heterocycles. The van der Waals surface area contributed by atoms with E-state index in [9.17, 15) is 4.79 Å². The first-order valence-corrected chi connectivity index (χ1v) is 9.84. The number of carbonyl (C=O) groups excluding carboxylic acids is 1. The van der Waals surface area contributed by atoms with Gasteiger partial charge in [-0.2, -0.15) is 0 Å². The number of amides is 1. The molecule has 0 spiro atoms. The minimum atomic E-state index is -0.374. The summed E-state index contributed by atoms with van der Waals surface area (Å²) >= 11 is 5.98. The summed E-state index contributed by atoms with van der Waals surface area (Å²) in [5, 5.41) is 8.62. The molecule has 4 rings (SSSR count). The molecule has 0 unspecified atom stereocenters. The zero-order valence-corrected chi connectivity index (χ0v) is 17.5. The SMILES string of the molecule is COc1ccc2c(c1)c(OCC(=O)Nc1cccc(N)n1)nn2Cc1ccc(Cl)cc1. The van der Waals surface area contributed by atoms with Crippen LogP contribution in [0, 0.1) is 0 Å². The van der Waals surface area contributed by atoms with E-state index in [4.69, 9.17) is 26.8 Å². The summed E-state index contributed by atoms with van der Waals surface area (Å²) in [6.45, 7) is 0.281. The Balaban J connectivity index is 1.55. The molecule has 2 aromatic carbocycles. The maximum absolute atomic E-state index is 12.3. The fourth-order valence-electron chi connectivity index (χ4n) is 3.08. The maximum atomic E-state index is 12.3. The Labute approximate surface area is 183 Å². The summed E-state index contributed by atoms with van der Waals surface area (Å²) in [6.07, 6.45) is 0. The Morgan fingerprint density at radius 3 is 2.71 bits per heavy atom. The number of aromatic nitrogens is 3. The highest BCUT2D eigenvalue weighted by molar-refractivity contribution is 6.30. The lowest BCUT2D eigenvalue weighted by Crippen LogP contribution is -2.21. The molecule has 158 valence electrons. The summed E-state index contributed by atoms with van der Waals surface area (Å²) < 4.78 is 12.9. The number of rotatable bonds is 7. The molecular formula is C22H20ClN5O3. The average Bonchev–Trinajstić information content (AvgIpc) is 3.10. The van der Waals surface area contributed by atoms with Crippen molar-refractivity contribution in [2.45, 2.75) is 6.54 Å². The molecule has 2 heterocycles. The molecule has 3 N–H and O–H groups in total. The van der Waals surface area contributed by atoms with Crippen molar-refractivity contribution in [2.24, 2.45) is 0 Å². The molecule has 0 aliphatic carbocycles. The number of nitrogen functional groups attached to an aromatic ring is 1. The zero-order valence-electron chi connectivity index (χ0n) is 16.7. The number of anilines is 2. The van der Waals surface area contributed by atoms with E-state index in [1.54, 1.807) is 25.3 Å². The predicted octanol–water partition coefficient (Wildman–Crippen LogP) is 3.74. The monoisotopic (exact) mass is 437 g/mol. The van der Waals surface area contributed by atoms with Crippen molar-refractivity contribution >= 4 is 40.0 Å². The molecule has 0 saturated carbocycles. The predicted molar refractivity (Wildman–Crippen MR) is 120 cm³/mol. The molecule has 8 nitrogen and oxygen atoms in total. The average molecular weight is 438 g/mol. The fourth-order valence-corrected chi connectivity index (χ4v) is 3.21. The van der Waals surface area contributed by atoms with E-state index in [2.05, 4.69) is 15.4 Å². The Hall–Kier alpha value is -3.78. The van der Waals surface area contributed by atoms with E-state index in [-0.39, 0.29) is 12.5 Å². The Bertz CT molecular complexity index is 1220. The van der Waals surface area contributed by atoms with Crippen molar-refractivity contribution in [3.05, 3.63) is 71.2 Å². The Morgan fingerprint density at radius 1 is 1.16 bits per heavy atom. The lowest BCUT2D eigenvalue weighted by atomic mass is 10.2. The number of hydrogen-bond acceptors (Lipinski definition) is 6. The normalized spacial score (nSPS) is 10.8. The Morgan fingerprint density at radius 2 is 1.97 bits per heavy atom. The van der Waals surface area contributed by atoms with Gasteiger partial charge in [0.15, 0.2) is 6.61 Å². The van der Waals surface area contributed by atoms with Crippen molar-refractivity contribution in [3.8, 4) is 11.6 Å². The van der Waals surface area contributed by atoms with Crippen molar-refractivity contribution in [1.82, 2.24) is 14.8 Å². The summed E-state index contributed by atoms with van der Waals surface area (Å²) in [6, 6.07) is 18.1. The first-order valence-electron chi connectivity index (χ1n) is 9.46. The van der Waals surface area contributed by atoms with Crippen LogP contribution < -0.4 is 20.5 Å². The second kappa shape index (κ2) is 8.93. The van der Waals surface area contributed by atoms with Gasteiger partial charge in [-0.1, -0.05) is 29.8 Å². The minimum absolute atomic E-state index is 0.235. The highest BCUT2D eigenvalue weighted by atomic mass is 35.5. The fraction of sp³-hybridized carbons (Fsp3) is 0.136. The third kappa shape index (κ3) is 4.87. The highest BCUT2D eigenvalue weighted by Gasteiger charge is 2.15. The molecule has 1 amide bonds. The Kier molecular flexibility index (Phi) is 5.90. The van der Waals surface area contributed by atoms with E-state index in [0.29, 0.717) is 34.8 Å². The van der Waals surface area contributed by atoms with Gasteiger partial charge in [-0.05, 0) is 48.0 Å². The van der Waals surface area contributed by atoms with Crippen LogP contribution in [0.2, 0.25) is 5.02 Å². The number of nitrogens with zero attached hydrogens (tertiary/aromatic N) is 3. The lowest BCUT2D eigenvalue weighted by molar-refractivity contribution is -0.118. The topological polar surface area (TPSA) is 104 Å². The molecular weight excluding hydrogens is 418 g/mol. The summed E-state index contributed by atoms with van der Waals surface area (Å²) in [7, 11) is 1.59. The van der Waals surface area contributed by atoms with Crippen LogP contribution in [-0.2, 0) is 11.3 Å². The van der Waals surface area contributed by atoms with E-state index in [0.717, 1.165) is 16.5 Å². The van der Waals surface area contributed by atoms with Gasteiger partial charge in [0, 0.05) is 5.02 Å². The van der Waals surface area contributed by atoms with E-state index in [1.165, 1.54) is 0 Å². The van der Waals surface area contributed by atoms with Gasteiger partial charge in [0.25, 0.3) is 5.91 Å². The number of pyridine rings is 1. The van der Waals surface area contributed by atoms with Crippen molar-refractivity contribution in [2.75, 3.05) is 24.8 Å². The van der Waals surface area contributed by atoms with Crippen LogP contribution in [0.5, 0.6) is 11.6 Å². The van der Waals surface area contributed by atoms with Crippen LogP contribution in [-0.4, -0.2) is 34.4 Å². The van der Waals surface area contributed by atoms with Crippen molar-refractivity contribution < 1.29 is 14.3 Å². The zero-order chi connectivity index (χ0) is 21.8. The summed E-state index contributed by atoms with van der Waals surface area (Å²) in [4.78, 5) is 16.3. The second-order valence-corrected chi connectivity index (χ2v) is 7.19. The van der Waals surface area contributed by atoms with Gasteiger partial charge >= 0.3 is 0 Å². The number of nitrogens with two attached hydrogens (primary N) is 1. The third-order valence-electron chi connectivity index (χ3n) is 4.55.